The van der Waals surface area contributed by atoms with Gasteiger partial charge in [-0.25, -0.2) is 4.98 Å². The van der Waals surface area contributed by atoms with Crippen molar-refractivity contribution in [2.45, 2.75) is 33.5 Å². The van der Waals surface area contributed by atoms with Gasteiger partial charge in [0.2, 0.25) is 5.89 Å². The maximum Gasteiger partial charge on any atom is 0.273 e. The van der Waals surface area contributed by atoms with E-state index < -0.39 is 0 Å². The lowest BCUT2D eigenvalue weighted by Gasteiger charge is -2.22. The molecule has 0 spiro atoms. The predicted molar refractivity (Wildman–Crippen MR) is 123 cm³/mol. The Morgan fingerprint density at radius 2 is 1.84 bits per heavy atom. The SMILES string of the molecule is COc1ccc(CN(Cc2ccccc2)Cc2nc(C(=O)NCC(C)C)co2)c(OC)c1. The molecule has 0 saturated carbocycles. The molecule has 0 aliphatic heterocycles. The fourth-order valence-electron chi connectivity index (χ4n) is 3.30. The van der Waals surface area contributed by atoms with E-state index >= 15 is 0 Å². The fourth-order valence-corrected chi connectivity index (χ4v) is 3.30. The molecular formula is C25H31N3O4. The van der Waals surface area contributed by atoms with Crippen molar-refractivity contribution in [1.82, 2.24) is 15.2 Å². The Balaban J connectivity index is 1.77. The van der Waals surface area contributed by atoms with E-state index in [4.69, 9.17) is 13.9 Å². The maximum absolute atomic E-state index is 12.3. The first-order valence-corrected chi connectivity index (χ1v) is 10.7. The first-order valence-electron chi connectivity index (χ1n) is 10.7. The number of methoxy groups -OCH3 is 2. The van der Waals surface area contributed by atoms with Gasteiger partial charge in [0.25, 0.3) is 5.91 Å². The second-order valence-electron chi connectivity index (χ2n) is 8.04. The van der Waals surface area contributed by atoms with Gasteiger partial charge in [0.05, 0.1) is 20.8 Å². The molecule has 0 saturated heterocycles. The standard InChI is InChI=1S/C25H31N3O4/c1-18(2)13-26-25(29)22-17-32-24(27-22)16-28(14-19-8-6-5-7-9-19)15-20-10-11-21(30-3)12-23(20)31-4/h5-12,17-18H,13-16H2,1-4H3,(H,26,29). The summed E-state index contributed by atoms with van der Waals surface area (Å²) in [6, 6.07) is 16.0. The topological polar surface area (TPSA) is 76.8 Å². The number of oxazole rings is 1. The van der Waals surface area contributed by atoms with Crippen molar-refractivity contribution in [1.29, 1.82) is 0 Å². The highest BCUT2D eigenvalue weighted by Crippen LogP contribution is 2.27. The van der Waals surface area contributed by atoms with E-state index in [-0.39, 0.29) is 5.91 Å². The number of amides is 1. The number of ether oxygens (including phenoxy) is 2. The van der Waals surface area contributed by atoms with Crippen LogP contribution in [-0.4, -0.2) is 36.6 Å². The third-order valence-electron chi connectivity index (χ3n) is 4.95. The van der Waals surface area contributed by atoms with Crippen molar-refractivity contribution in [2.75, 3.05) is 20.8 Å². The van der Waals surface area contributed by atoms with Gasteiger partial charge in [-0.2, -0.15) is 0 Å². The Labute approximate surface area is 189 Å². The van der Waals surface area contributed by atoms with Gasteiger partial charge in [-0.1, -0.05) is 50.2 Å². The molecule has 170 valence electrons. The summed E-state index contributed by atoms with van der Waals surface area (Å²) in [4.78, 5) is 18.9. The van der Waals surface area contributed by atoms with E-state index in [9.17, 15) is 4.79 Å². The van der Waals surface area contributed by atoms with E-state index in [1.807, 2.05) is 50.2 Å². The average molecular weight is 438 g/mol. The highest BCUT2D eigenvalue weighted by molar-refractivity contribution is 5.91. The molecule has 1 amide bonds. The molecule has 3 aromatic rings. The van der Waals surface area contributed by atoms with Crippen LogP contribution in [0.2, 0.25) is 0 Å². The summed E-state index contributed by atoms with van der Waals surface area (Å²) >= 11 is 0. The van der Waals surface area contributed by atoms with Crippen LogP contribution < -0.4 is 14.8 Å². The maximum atomic E-state index is 12.3. The van der Waals surface area contributed by atoms with E-state index in [0.29, 0.717) is 43.7 Å². The van der Waals surface area contributed by atoms with Crippen molar-refractivity contribution in [3.63, 3.8) is 0 Å². The number of aromatic nitrogens is 1. The molecule has 0 unspecified atom stereocenters. The predicted octanol–water partition coefficient (Wildman–Crippen LogP) is 4.28. The Hall–Kier alpha value is -3.32. The van der Waals surface area contributed by atoms with E-state index in [1.165, 1.54) is 11.8 Å². The van der Waals surface area contributed by atoms with Crippen molar-refractivity contribution in [3.05, 3.63) is 77.5 Å². The second-order valence-corrected chi connectivity index (χ2v) is 8.04. The van der Waals surface area contributed by atoms with Gasteiger partial charge in [0, 0.05) is 31.3 Å². The minimum absolute atomic E-state index is 0.222. The van der Waals surface area contributed by atoms with Crippen LogP contribution in [0.4, 0.5) is 0 Å². The summed E-state index contributed by atoms with van der Waals surface area (Å²) in [5, 5.41) is 2.87. The molecule has 32 heavy (non-hydrogen) atoms. The average Bonchev–Trinajstić information content (AvgIpc) is 3.27. The quantitative estimate of drug-likeness (QED) is 0.483. The minimum atomic E-state index is -0.222. The summed E-state index contributed by atoms with van der Waals surface area (Å²) in [7, 11) is 3.28. The number of nitrogens with one attached hydrogen (secondary N) is 1. The monoisotopic (exact) mass is 437 g/mol. The van der Waals surface area contributed by atoms with Crippen LogP contribution >= 0.6 is 0 Å². The molecule has 1 heterocycles. The van der Waals surface area contributed by atoms with Gasteiger partial charge >= 0.3 is 0 Å². The van der Waals surface area contributed by atoms with Crippen LogP contribution in [0.5, 0.6) is 11.5 Å². The zero-order valence-electron chi connectivity index (χ0n) is 19.1. The molecule has 1 aromatic heterocycles. The van der Waals surface area contributed by atoms with E-state index in [2.05, 4.69) is 27.3 Å². The lowest BCUT2D eigenvalue weighted by Crippen LogP contribution is -2.27. The molecule has 2 aromatic carbocycles. The van der Waals surface area contributed by atoms with Crippen LogP contribution in [-0.2, 0) is 19.6 Å². The van der Waals surface area contributed by atoms with E-state index in [1.54, 1.807) is 14.2 Å². The second kappa shape index (κ2) is 11.3. The molecule has 3 rings (SSSR count). The van der Waals surface area contributed by atoms with Crippen LogP contribution in [0.3, 0.4) is 0 Å². The molecule has 1 N–H and O–H groups in total. The number of carbonyl (C=O) groups excluding carboxylic acids is 1. The molecule has 0 bridgehead atoms. The van der Waals surface area contributed by atoms with Crippen molar-refractivity contribution < 1.29 is 18.7 Å². The smallest absolute Gasteiger partial charge is 0.273 e. The Morgan fingerprint density at radius 1 is 1.06 bits per heavy atom. The molecule has 0 fully saturated rings. The van der Waals surface area contributed by atoms with Crippen LogP contribution in [0.25, 0.3) is 0 Å². The highest BCUT2D eigenvalue weighted by atomic mass is 16.5. The van der Waals surface area contributed by atoms with Gasteiger partial charge < -0.3 is 19.2 Å². The minimum Gasteiger partial charge on any atom is -0.497 e. The van der Waals surface area contributed by atoms with Crippen LogP contribution in [0.1, 0.15) is 41.4 Å². The number of hydrogen-bond donors (Lipinski definition) is 1. The van der Waals surface area contributed by atoms with Gasteiger partial charge in [-0.15, -0.1) is 0 Å². The summed E-state index contributed by atoms with van der Waals surface area (Å²) in [5.41, 5.74) is 2.48. The van der Waals surface area contributed by atoms with Crippen LogP contribution in [0.15, 0.2) is 59.2 Å². The lowest BCUT2D eigenvalue weighted by atomic mass is 10.1. The first kappa shape index (κ1) is 23.3. The van der Waals surface area contributed by atoms with Gasteiger partial charge in [0.1, 0.15) is 17.8 Å². The van der Waals surface area contributed by atoms with Crippen LogP contribution in [0, 0.1) is 5.92 Å². The Bertz CT molecular complexity index is 1000. The van der Waals surface area contributed by atoms with Gasteiger partial charge in [0.15, 0.2) is 5.69 Å². The number of carbonyl (C=O) groups is 1. The normalized spacial score (nSPS) is 11.1. The third kappa shape index (κ3) is 6.59. The number of hydrogen-bond acceptors (Lipinski definition) is 6. The lowest BCUT2D eigenvalue weighted by molar-refractivity contribution is 0.0944. The summed E-state index contributed by atoms with van der Waals surface area (Å²) < 4.78 is 16.5. The van der Waals surface area contributed by atoms with Gasteiger partial charge in [-0.05, 0) is 17.5 Å². The van der Waals surface area contributed by atoms with Crippen molar-refractivity contribution in [2.24, 2.45) is 5.92 Å². The molecule has 7 heteroatoms. The summed E-state index contributed by atoms with van der Waals surface area (Å²) in [5.74, 6) is 2.13. The largest absolute Gasteiger partial charge is 0.497 e. The van der Waals surface area contributed by atoms with Crippen molar-refractivity contribution >= 4 is 5.91 Å². The molecule has 0 aliphatic rings. The molecule has 0 aliphatic carbocycles. The zero-order chi connectivity index (χ0) is 22.9. The zero-order valence-corrected chi connectivity index (χ0v) is 19.1. The third-order valence-corrected chi connectivity index (χ3v) is 4.95. The Morgan fingerprint density at radius 3 is 2.53 bits per heavy atom. The highest BCUT2D eigenvalue weighted by Gasteiger charge is 2.17. The molecule has 0 atom stereocenters. The molecular weight excluding hydrogens is 406 g/mol. The van der Waals surface area contributed by atoms with Gasteiger partial charge in [-0.3, -0.25) is 9.69 Å². The number of benzene rings is 2. The number of rotatable bonds is 11. The first-order chi connectivity index (χ1) is 15.5. The Kier molecular flexibility index (Phi) is 8.27. The fraction of sp³-hybridized carbons (Fsp3) is 0.360. The molecule has 0 radical (unpaired) electrons. The van der Waals surface area contributed by atoms with E-state index in [0.717, 1.165) is 17.1 Å². The van der Waals surface area contributed by atoms with Crippen molar-refractivity contribution in [3.8, 4) is 11.5 Å². The molecule has 7 nitrogen and oxygen atoms in total. The summed E-state index contributed by atoms with van der Waals surface area (Å²) in [6.45, 7) is 6.43. The summed E-state index contributed by atoms with van der Waals surface area (Å²) in [6.07, 6.45) is 1.42. The number of nitrogens with zero attached hydrogens (tertiary/aromatic N) is 2.